The highest BCUT2D eigenvalue weighted by Gasteiger charge is 2.23. The Hall–Kier alpha value is -1.59. The van der Waals surface area contributed by atoms with Gasteiger partial charge in [0.05, 0.1) is 13.7 Å². The number of thiocarbonyl (C=S) groups is 1. The van der Waals surface area contributed by atoms with Crippen LogP contribution in [0.15, 0.2) is 36.4 Å². The van der Waals surface area contributed by atoms with Crippen LogP contribution < -0.4 is 4.74 Å². The zero-order valence-electron chi connectivity index (χ0n) is 12.8. The zero-order valence-corrected chi connectivity index (χ0v) is 14.4. The number of rotatable bonds is 5. The van der Waals surface area contributed by atoms with E-state index in [0.29, 0.717) is 10.8 Å². The number of thioether (sulfide) groups is 1. The Morgan fingerprint density at radius 2 is 1.91 bits per heavy atom. The summed E-state index contributed by atoms with van der Waals surface area (Å²) in [6, 6.07) is 11.8. The number of carbonyl (C=O) groups excluding carboxylic acids is 1. The van der Waals surface area contributed by atoms with Gasteiger partial charge >= 0.3 is 5.97 Å². The van der Waals surface area contributed by atoms with E-state index in [0.717, 1.165) is 22.1 Å². The Morgan fingerprint density at radius 3 is 2.55 bits per heavy atom. The van der Waals surface area contributed by atoms with Crippen LogP contribution in [0.1, 0.15) is 24.7 Å². The second-order valence-corrected chi connectivity index (χ2v) is 6.90. The molecule has 0 amide bonds. The van der Waals surface area contributed by atoms with E-state index in [2.05, 4.69) is 0 Å². The minimum atomic E-state index is -0.427. The monoisotopic (exact) mass is 334 g/mol. The van der Waals surface area contributed by atoms with Gasteiger partial charge in [-0.25, -0.2) is 0 Å². The van der Waals surface area contributed by atoms with Gasteiger partial charge in [0.15, 0.2) is 0 Å². The van der Waals surface area contributed by atoms with Gasteiger partial charge in [0.25, 0.3) is 0 Å². The number of ether oxygens (including phenoxy) is 2. The molecule has 0 radical (unpaired) electrons. The van der Waals surface area contributed by atoms with Gasteiger partial charge in [-0.3, -0.25) is 4.79 Å². The molecule has 0 fully saturated rings. The van der Waals surface area contributed by atoms with E-state index in [-0.39, 0.29) is 5.97 Å². The summed E-state index contributed by atoms with van der Waals surface area (Å²) in [7, 11) is 1.64. The molecule has 2 aromatic rings. The molecular weight excluding hydrogens is 316 g/mol. The summed E-state index contributed by atoms with van der Waals surface area (Å²) in [5, 5.41) is 1.69. The molecule has 3 nitrogen and oxygen atoms in total. The Morgan fingerprint density at radius 1 is 1.23 bits per heavy atom. The maximum absolute atomic E-state index is 12.2. The third kappa shape index (κ3) is 3.99. The summed E-state index contributed by atoms with van der Waals surface area (Å²) in [5.74, 6) is 0.552. The van der Waals surface area contributed by atoms with Crippen LogP contribution in [0.25, 0.3) is 10.8 Å². The smallest absolute Gasteiger partial charge is 0.323 e. The van der Waals surface area contributed by atoms with Crippen molar-refractivity contribution in [1.82, 2.24) is 0 Å². The van der Waals surface area contributed by atoms with Crippen molar-refractivity contribution in [3.63, 3.8) is 0 Å². The predicted octanol–water partition coefficient (Wildman–Crippen LogP) is 4.53. The number of hydrogen-bond acceptors (Lipinski definition) is 5. The number of carbonyl (C=O) groups is 1. The van der Waals surface area contributed by atoms with Crippen LogP contribution in [-0.4, -0.2) is 23.9 Å². The summed E-state index contributed by atoms with van der Waals surface area (Å²) in [6.07, 6.45) is 0. The third-order valence-corrected chi connectivity index (χ3v) is 4.48. The van der Waals surface area contributed by atoms with Crippen molar-refractivity contribution in [2.75, 3.05) is 13.7 Å². The van der Waals surface area contributed by atoms with Gasteiger partial charge in [0.1, 0.15) is 11.0 Å². The summed E-state index contributed by atoms with van der Waals surface area (Å²) < 4.78 is 11.1. The number of methoxy groups -OCH3 is 1. The number of fused-ring (bicyclic) bond motifs is 1. The van der Waals surface area contributed by atoms with Gasteiger partial charge in [-0.2, -0.15) is 0 Å². The first-order chi connectivity index (χ1) is 10.5. The van der Waals surface area contributed by atoms with Crippen molar-refractivity contribution in [2.45, 2.75) is 19.1 Å². The lowest BCUT2D eigenvalue weighted by molar-refractivity contribution is -0.142. The summed E-state index contributed by atoms with van der Waals surface area (Å²) in [5.41, 5.74) is 0.894. The second kappa shape index (κ2) is 7.61. The van der Waals surface area contributed by atoms with E-state index in [9.17, 15) is 4.79 Å². The minimum Gasteiger partial charge on any atom is -0.497 e. The minimum absolute atomic E-state index is 0.260. The molecule has 0 N–H and O–H groups in total. The molecule has 0 aliphatic rings. The highest BCUT2D eigenvalue weighted by molar-refractivity contribution is 8.23. The molecule has 116 valence electrons. The Kier molecular flexibility index (Phi) is 5.80. The standard InChI is InChI=1S/C17H18O3S2/c1-4-20-17(18)16(22-11(2)21)14-6-5-13-10-15(19-3)8-7-12(13)9-14/h5-10,16H,4H2,1-3H3. The van der Waals surface area contributed by atoms with Crippen LogP contribution in [0.5, 0.6) is 5.75 Å². The van der Waals surface area contributed by atoms with Crippen LogP contribution >= 0.6 is 24.0 Å². The molecule has 0 aliphatic heterocycles. The predicted molar refractivity (Wildman–Crippen MR) is 95.7 cm³/mol. The molecule has 0 spiro atoms. The van der Waals surface area contributed by atoms with E-state index < -0.39 is 5.25 Å². The maximum Gasteiger partial charge on any atom is 0.323 e. The Balaban J connectivity index is 2.40. The fourth-order valence-corrected chi connectivity index (χ4v) is 3.24. The molecule has 2 rings (SSSR count). The van der Waals surface area contributed by atoms with Crippen molar-refractivity contribution in [2.24, 2.45) is 0 Å². The summed E-state index contributed by atoms with van der Waals surface area (Å²) >= 11 is 6.49. The van der Waals surface area contributed by atoms with E-state index in [4.69, 9.17) is 21.7 Å². The van der Waals surface area contributed by atoms with Gasteiger partial charge in [-0.15, -0.1) is 0 Å². The van der Waals surface area contributed by atoms with Crippen molar-refractivity contribution >= 4 is 44.9 Å². The Labute approximate surface area is 140 Å². The SMILES string of the molecule is CCOC(=O)C(SC(C)=S)c1ccc2cc(OC)ccc2c1. The zero-order chi connectivity index (χ0) is 16.1. The van der Waals surface area contributed by atoms with E-state index in [1.165, 1.54) is 11.8 Å². The van der Waals surface area contributed by atoms with Gasteiger partial charge in [0, 0.05) is 4.20 Å². The number of benzene rings is 2. The normalized spacial score (nSPS) is 12.0. The van der Waals surface area contributed by atoms with E-state index in [1.54, 1.807) is 14.0 Å². The topological polar surface area (TPSA) is 35.5 Å². The highest BCUT2D eigenvalue weighted by atomic mass is 32.2. The van der Waals surface area contributed by atoms with Crippen LogP contribution in [-0.2, 0) is 9.53 Å². The second-order valence-electron chi connectivity index (χ2n) is 4.71. The summed E-state index contributed by atoms with van der Waals surface area (Å²) in [6.45, 7) is 3.98. The van der Waals surface area contributed by atoms with Crippen molar-refractivity contribution in [3.8, 4) is 5.75 Å². The molecule has 1 atom stereocenters. The third-order valence-electron chi connectivity index (χ3n) is 3.16. The van der Waals surface area contributed by atoms with Crippen molar-refractivity contribution in [3.05, 3.63) is 42.0 Å². The van der Waals surface area contributed by atoms with Crippen molar-refractivity contribution in [1.29, 1.82) is 0 Å². The molecule has 5 heteroatoms. The van der Waals surface area contributed by atoms with Gasteiger partial charge in [-0.1, -0.05) is 42.2 Å². The maximum atomic E-state index is 12.2. The van der Waals surface area contributed by atoms with Crippen LogP contribution in [0.3, 0.4) is 0 Å². The number of hydrogen-bond donors (Lipinski definition) is 0. The first-order valence-electron chi connectivity index (χ1n) is 6.96. The van der Waals surface area contributed by atoms with Gasteiger partial charge in [-0.05, 0) is 48.4 Å². The lowest BCUT2D eigenvalue weighted by atomic mass is 10.0. The van der Waals surface area contributed by atoms with E-state index >= 15 is 0 Å². The molecular formula is C17H18O3S2. The van der Waals surface area contributed by atoms with Gasteiger partial charge in [0.2, 0.25) is 0 Å². The van der Waals surface area contributed by atoms with Crippen molar-refractivity contribution < 1.29 is 14.3 Å². The van der Waals surface area contributed by atoms with Crippen LogP contribution in [0.4, 0.5) is 0 Å². The van der Waals surface area contributed by atoms with Gasteiger partial charge < -0.3 is 9.47 Å². The first kappa shape index (κ1) is 16.8. The van der Waals surface area contributed by atoms with E-state index in [1.807, 2.05) is 43.3 Å². The molecule has 2 aromatic carbocycles. The quantitative estimate of drug-likeness (QED) is 0.593. The fraction of sp³-hybridized carbons (Fsp3) is 0.294. The lowest BCUT2D eigenvalue weighted by Crippen LogP contribution is -2.14. The highest BCUT2D eigenvalue weighted by Crippen LogP contribution is 2.33. The molecule has 0 aliphatic carbocycles. The molecule has 0 bridgehead atoms. The fourth-order valence-electron chi connectivity index (χ4n) is 2.17. The number of esters is 1. The summed E-state index contributed by atoms with van der Waals surface area (Å²) in [4.78, 5) is 12.2. The first-order valence-corrected chi connectivity index (χ1v) is 8.25. The average molecular weight is 334 g/mol. The molecule has 0 aromatic heterocycles. The Bertz CT molecular complexity index is 697. The molecule has 0 saturated heterocycles. The lowest BCUT2D eigenvalue weighted by Gasteiger charge is -2.15. The molecule has 0 heterocycles. The largest absolute Gasteiger partial charge is 0.497 e. The molecule has 22 heavy (non-hydrogen) atoms. The van der Waals surface area contributed by atoms with Crippen LogP contribution in [0.2, 0.25) is 0 Å². The molecule has 1 unspecified atom stereocenters. The molecule has 0 saturated carbocycles. The average Bonchev–Trinajstić information content (AvgIpc) is 2.51. The van der Waals surface area contributed by atoms with Crippen LogP contribution in [0, 0.1) is 0 Å².